The Morgan fingerprint density at radius 2 is 1.89 bits per heavy atom. The molecule has 1 saturated carbocycles. The van der Waals surface area contributed by atoms with Crippen LogP contribution in [0.2, 0.25) is 5.02 Å². The summed E-state index contributed by atoms with van der Waals surface area (Å²) in [4.78, 5) is 5.12. The molecule has 1 aliphatic carbocycles. The lowest BCUT2D eigenvalue weighted by atomic mass is 9.91. The van der Waals surface area contributed by atoms with Crippen LogP contribution < -0.4 is 9.47 Å². The second-order valence-electron chi connectivity index (χ2n) is 7.73. The number of hydrogen-bond donors (Lipinski definition) is 1. The van der Waals surface area contributed by atoms with Crippen LogP contribution in [0.4, 0.5) is 0 Å². The Morgan fingerprint density at radius 1 is 1.11 bits per heavy atom. The third-order valence-corrected chi connectivity index (χ3v) is 6.25. The number of methoxy groups -OCH3 is 2. The van der Waals surface area contributed by atoms with Crippen LogP contribution >= 0.6 is 11.6 Å². The molecule has 152 valence electrons. The molecule has 1 aromatic carbocycles. The molecule has 0 spiro atoms. The molecule has 0 bridgehead atoms. The van der Waals surface area contributed by atoms with Crippen molar-refractivity contribution < 1.29 is 14.6 Å². The molecule has 1 atom stereocenters. The molecule has 1 aromatic rings. The Hall–Kier alpha value is -1.01. The summed E-state index contributed by atoms with van der Waals surface area (Å²) in [5.41, 5.74) is 1.05. The van der Waals surface area contributed by atoms with Gasteiger partial charge in [0, 0.05) is 61.5 Å². The van der Waals surface area contributed by atoms with E-state index in [1.165, 1.54) is 32.1 Å². The van der Waals surface area contributed by atoms with Gasteiger partial charge in [0.1, 0.15) is 0 Å². The normalized spacial score (nSPS) is 22.7. The van der Waals surface area contributed by atoms with Crippen LogP contribution in [0.25, 0.3) is 0 Å². The van der Waals surface area contributed by atoms with Gasteiger partial charge in [-0.25, -0.2) is 0 Å². The molecule has 5 nitrogen and oxygen atoms in total. The summed E-state index contributed by atoms with van der Waals surface area (Å²) in [6.07, 6.45) is 7.51. The highest BCUT2D eigenvalue weighted by molar-refractivity contribution is 6.30. The molecule has 0 radical (unpaired) electrons. The molecule has 2 fully saturated rings. The van der Waals surface area contributed by atoms with E-state index >= 15 is 0 Å². The summed E-state index contributed by atoms with van der Waals surface area (Å²) in [5, 5.41) is 10.3. The van der Waals surface area contributed by atoms with E-state index in [4.69, 9.17) is 21.1 Å². The van der Waals surface area contributed by atoms with Gasteiger partial charge in [-0.15, -0.1) is 0 Å². The second-order valence-corrected chi connectivity index (χ2v) is 8.17. The van der Waals surface area contributed by atoms with Crippen LogP contribution in [0, 0.1) is 0 Å². The molecule has 3 rings (SSSR count). The zero-order chi connectivity index (χ0) is 19.2. The standard InChI is InChI=1S/C21H33ClN2O3/c1-26-20-13-17(22)12-16(21(20)27-2)14-23-9-10-24(19(15-23)8-11-25)18-6-4-3-5-7-18/h12-13,18-19,25H,3-11,14-15H2,1-2H3/t19-/m0/s1. The summed E-state index contributed by atoms with van der Waals surface area (Å²) in [6.45, 7) is 4.08. The van der Waals surface area contributed by atoms with Crippen molar-refractivity contribution in [1.29, 1.82) is 0 Å². The van der Waals surface area contributed by atoms with Crippen LogP contribution in [0.1, 0.15) is 44.1 Å². The molecule has 2 aliphatic rings. The van der Waals surface area contributed by atoms with E-state index in [-0.39, 0.29) is 6.61 Å². The number of piperazine rings is 1. The maximum absolute atomic E-state index is 9.60. The maximum atomic E-state index is 9.60. The topological polar surface area (TPSA) is 45.2 Å². The van der Waals surface area contributed by atoms with Crippen molar-refractivity contribution in [3.63, 3.8) is 0 Å². The van der Waals surface area contributed by atoms with Crippen molar-refractivity contribution in [3.8, 4) is 11.5 Å². The third kappa shape index (κ3) is 5.08. The molecule has 1 aliphatic heterocycles. The van der Waals surface area contributed by atoms with Crippen LogP contribution in [0.3, 0.4) is 0 Å². The second kappa shape index (κ2) is 9.97. The largest absolute Gasteiger partial charge is 0.493 e. The van der Waals surface area contributed by atoms with Crippen LogP contribution in [0.5, 0.6) is 11.5 Å². The molecule has 27 heavy (non-hydrogen) atoms. The van der Waals surface area contributed by atoms with E-state index in [0.717, 1.165) is 43.9 Å². The number of benzene rings is 1. The van der Waals surface area contributed by atoms with E-state index in [2.05, 4.69) is 9.80 Å². The number of hydrogen-bond acceptors (Lipinski definition) is 5. The van der Waals surface area contributed by atoms with Crippen molar-refractivity contribution in [2.75, 3.05) is 40.5 Å². The summed E-state index contributed by atoms with van der Waals surface area (Å²) in [5.74, 6) is 1.43. The molecule has 6 heteroatoms. The summed E-state index contributed by atoms with van der Waals surface area (Å²) < 4.78 is 11.0. The number of rotatable bonds is 7. The average Bonchev–Trinajstić information content (AvgIpc) is 2.68. The highest BCUT2D eigenvalue weighted by atomic mass is 35.5. The first-order valence-electron chi connectivity index (χ1n) is 10.2. The molecule has 0 unspecified atom stereocenters. The van der Waals surface area contributed by atoms with Gasteiger partial charge < -0.3 is 14.6 Å². The highest BCUT2D eigenvalue weighted by Crippen LogP contribution is 2.36. The highest BCUT2D eigenvalue weighted by Gasteiger charge is 2.32. The van der Waals surface area contributed by atoms with Gasteiger partial charge in [0.05, 0.1) is 14.2 Å². The van der Waals surface area contributed by atoms with Gasteiger partial charge >= 0.3 is 0 Å². The van der Waals surface area contributed by atoms with Gasteiger partial charge in [-0.05, 0) is 25.3 Å². The maximum Gasteiger partial charge on any atom is 0.165 e. The van der Waals surface area contributed by atoms with Crippen molar-refractivity contribution in [3.05, 3.63) is 22.7 Å². The molecule has 1 heterocycles. The number of ether oxygens (including phenoxy) is 2. The number of aliphatic hydroxyl groups is 1. The number of aliphatic hydroxyl groups excluding tert-OH is 1. The van der Waals surface area contributed by atoms with Crippen LogP contribution in [-0.2, 0) is 6.54 Å². The lowest BCUT2D eigenvalue weighted by molar-refractivity contribution is 0.0134. The van der Waals surface area contributed by atoms with E-state index in [0.29, 0.717) is 22.9 Å². The van der Waals surface area contributed by atoms with Crippen molar-refractivity contribution in [1.82, 2.24) is 9.80 Å². The van der Waals surface area contributed by atoms with Crippen molar-refractivity contribution in [2.45, 2.75) is 57.2 Å². The van der Waals surface area contributed by atoms with E-state index in [1.54, 1.807) is 20.3 Å². The fourth-order valence-corrected chi connectivity index (χ4v) is 4.97. The Balaban J connectivity index is 1.71. The van der Waals surface area contributed by atoms with Crippen molar-refractivity contribution >= 4 is 11.6 Å². The quantitative estimate of drug-likeness (QED) is 0.763. The molecule has 1 N–H and O–H groups in total. The first-order chi connectivity index (χ1) is 13.2. The van der Waals surface area contributed by atoms with Gasteiger partial charge in [-0.1, -0.05) is 30.9 Å². The number of halogens is 1. The van der Waals surface area contributed by atoms with Gasteiger partial charge in [0.25, 0.3) is 0 Å². The smallest absolute Gasteiger partial charge is 0.165 e. The SMILES string of the molecule is COc1cc(Cl)cc(CN2CCN(C3CCCCC3)[C@@H](CCO)C2)c1OC. The summed E-state index contributed by atoms with van der Waals surface area (Å²) in [7, 11) is 3.31. The Bertz CT molecular complexity index is 607. The van der Waals surface area contributed by atoms with E-state index in [1.807, 2.05) is 6.07 Å². The molecular formula is C21H33ClN2O3. The lowest BCUT2D eigenvalue weighted by Crippen LogP contribution is -2.56. The Labute approximate surface area is 168 Å². The van der Waals surface area contributed by atoms with Crippen molar-refractivity contribution in [2.24, 2.45) is 0 Å². The van der Waals surface area contributed by atoms with Crippen LogP contribution in [-0.4, -0.2) is 67.5 Å². The molecule has 1 saturated heterocycles. The minimum atomic E-state index is 0.246. The lowest BCUT2D eigenvalue weighted by Gasteiger charge is -2.46. The molecule has 0 amide bonds. The van der Waals surface area contributed by atoms with Crippen LogP contribution in [0.15, 0.2) is 12.1 Å². The fraction of sp³-hybridized carbons (Fsp3) is 0.714. The van der Waals surface area contributed by atoms with E-state index < -0.39 is 0 Å². The Kier molecular flexibility index (Phi) is 7.65. The first kappa shape index (κ1) is 20.7. The first-order valence-corrected chi connectivity index (χ1v) is 10.5. The molecule has 0 aromatic heterocycles. The Morgan fingerprint density at radius 3 is 2.56 bits per heavy atom. The van der Waals surface area contributed by atoms with E-state index in [9.17, 15) is 5.11 Å². The monoisotopic (exact) mass is 396 g/mol. The summed E-state index contributed by atoms with van der Waals surface area (Å²) in [6, 6.07) is 4.87. The molecular weight excluding hydrogens is 364 g/mol. The minimum absolute atomic E-state index is 0.246. The van der Waals surface area contributed by atoms with Gasteiger partial charge in [-0.2, -0.15) is 0 Å². The van der Waals surface area contributed by atoms with Gasteiger partial charge in [0.15, 0.2) is 11.5 Å². The average molecular weight is 397 g/mol. The van der Waals surface area contributed by atoms with Gasteiger partial charge in [0.2, 0.25) is 0 Å². The third-order valence-electron chi connectivity index (χ3n) is 6.03. The minimum Gasteiger partial charge on any atom is -0.493 e. The summed E-state index contributed by atoms with van der Waals surface area (Å²) >= 11 is 6.28. The number of nitrogens with zero attached hydrogens (tertiary/aromatic N) is 2. The predicted molar refractivity (Wildman–Crippen MR) is 109 cm³/mol. The van der Waals surface area contributed by atoms with Gasteiger partial charge in [-0.3, -0.25) is 9.80 Å². The predicted octanol–water partition coefficient (Wildman–Crippen LogP) is 3.56. The zero-order valence-electron chi connectivity index (χ0n) is 16.6. The fourth-order valence-electron chi connectivity index (χ4n) is 4.74. The zero-order valence-corrected chi connectivity index (χ0v) is 17.4.